The number of amides is 1. The van der Waals surface area contributed by atoms with Gasteiger partial charge in [-0.25, -0.2) is 4.39 Å². The average molecular weight is 588 g/mol. The molecule has 2 aromatic rings. The molecule has 0 spiro atoms. The predicted octanol–water partition coefficient (Wildman–Crippen LogP) is 5.63. The van der Waals surface area contributed by atoms with Gasteiger partial charge >= 0.3 is 0 Å². The first-order chi connectivity index (χ1) is 21.1. The van der Waals surface area contributed by atoms with Crippen LogP contribution in [0.15, 0.2) is 48.5 Å². The van der Waals surface area contributed by atoms with Crippen molar-refractivity contribution in [1.82, 2.24) is 9.80 Å². The zero-order valence-electron chi connectivity index (χ0n) is 25.4. The highest BCUT2D eigenvalue weighted by Gasteiger charge is 2.50. The highest BCUT2D eigenvalue weighted by molar-refractivity contribution is 6.04. The summed E-state index contributed by atoms with van der Waals surface area (Å²) in [7, 11) is 0. The van der Waals surface area contributed by atoms with Gasteiger partial charge in [0.05, 0.1) is 26.4 Å². The molecule has 4 saturated carbocycles. The molecule has 230 valence electrons. The third-order valence-electron chi connectivity index (χ3n) is 9.89. The molecule has 0 aromatic heterocycles. The molecule has 5 fully saturated rings. The van der Waals surface area contributed by atoms with Crippen LogP contribution < -0.4 is 5.32 Å². The summed E-state index contributed by atoms with van der Waals surface area (Å²) in [6, 6.07) is 15.9. The SMILES string of the molecule is O=C(Nc1ccc(C#CC23CC4CC(CC(C4)C2)C3)cc1)c1ccc(CN2CCN(CCOCCOCCF)CC2)cc1. The number of anilines is 1. The first-order valence-electron chi connectivity index (χ1n) is 16.3. The van der Waals surface area contributed by atoms with Gasteiger partial charge in [-0.15, -0.1) is 0 Å². The van der Waals surface area contributed by atoms with Crippen molar-refractivity contribution in [2.45, 2.75) is 45.1 Å². The number of ether oxygens (including phenoxy) is 2. The number of alkyl halides is 1. The maximum atomic E-state index is 12.9. The van der Waals surface area contributed by atoms with Gasteiger partial charge in [0, 0.05) is 61.5 Å². The molecule has 6 nitrogen and oxygen atoms in total. The zero-order valence-corrected chi connectivity index (χ0v) is 25.4. The Bertz CT molecular complexity index is 1230. The van der Waals surface area contributed by atoms with Crippen molar-refractivity contribution in [3.8, 4) is 11.8 Å². The standard InChI is InChI=1S/C36H46FN3O3/c37-11-17-42-19-20-43-18-16-39-12-14-40(15-13-39)27-29-1-5-33(6-2-29)35(41)38-34-7-3-28(4-8-34)9-10-36-24-30-21-31(25-36)23-32(22-30)26-36/h1-8,30-32H,11-27H2,(H,38,41). The largest absolute Gasteiger partial charge is 0.378 e. The van der Waals surface area contributed by atoms with E-state index in [1.807, 2.05) is 36.4 Å². The fraction of sp³-hybridized carbons (Fsp3) is 0.583. The summed E-state index contributed by atoms with van der Waals surface area (Å²) < 4.78 is 22.7. The fourth-order valence-corrected chi connectivity index (χ4v) is 8.07. The van der Waals surface area contributed by atoms with Crippen LogP contribution in [-0.4, -0.2) is 81.5 Å². The van der Waals surface area contributed by atoms with Crippen molar-refractivity contribution in [3.63, 3.8) is 0 Å². The van der Waals surface area contributed by atoms with Gasteiger partial charge in [-0.1, -0.05) is 24.0 Å². The molecule has 43 heavy (non-hydrogen) atoms. The van der Waals surface area contributed by atoms with Crippen LogP contribution in [0.4, 0.5) is 10.1 Å². The molecule has 1 heterocycles. The number of rotatable bonds is 12. The number of carbonyl (C=O) groups excluding carboxylic acids is 1. The number of nitrogens with one attached hydrogen (secondary N) is 1. The summed E-state index contributed by atoms with van der Waals surface area (Å²) in [5.41, 5.74) is 3.96. The minimum Gasteiger partial charge on any atom is -0.378 e. The molecule has 5 aliphatic rings. The van der Waals surface area contributed by atoms with Crippen molar-refractivity contribution in [2.24, 2.45) is 23.2 Å². The van der Waals surface area contributed by atoms with Crippen LogP contribution in [0.5, 0.6) is 0 Å². The molecule has 1 aliphatic heterocycles. The zero-order chi connectivity index (χ0) is 29.5. The van der Waals surface area contributed by atoms with Crippen molar-refractivity contribution in [3.05, 3.63) is 65.2 Å². The topological polar surface area (TPSA) is 54.0 Å². The Balaban J connectivity index is 0.914. The number of hydrogen-bond donors (Lipinski definition) is 1. The van der Waals surface area contributed by atoms with E-state index in [1.54, 1.807) is 0 Å². The first kappa shape index (κ1) is 30.3. The lowest BCUT2D eigenvalue weighted by Gasteiger charge is -2.54. The quantitative estimate of drug-likeness (QED) is 0.258. The number of benzene rings is 2. The number of nitrogens with zero attached hydrogens (tertiary/aromatic N) is 2. The van der Waals surface area contributed by atoms with Crippen molar-refractivity contribution in [1.29, 1.82) is 0 Å². The summed E-state index contributed by atoms with van der Waals surface area (Å²) in [6.07, 6.45) is 8.22. The summed E-state index contributed by atoms with van der Waals surface area (Å²) in [6.45, 7) is 7.13. The molecule has 7 heteroatoms. The van der Waals surface area contributed by atoms with E-state index in [9.17, 15) is 9.18 Å². The molecule has 7 rings (SSSR count). The number of halogens is 1. The molecule has 1 saturated heterocycles. The van der Waals surface area contributed by atoms with Gasteiger partial charge in [-0.05, 0) is 98.2 Å². The molecule has 0 atom stereocenters. The third kappa shape index (κ3) is 8.25. The van der Waals surface area contributed by atoms with Crippen LogP contribution in [0.25, 0.3) is 0 Å². The molecule has 1 N–H and O–H groups in total. The van der Waals surface area contributed by atoms with Crippen LogP contribution >= 0.6 is 0 Å². The summed E-state index contributed by atoms with van der Waals surface area (Å²) in [5.74, 6) is 9.84. The minimum atomic E-state index is -0.448. The van der Waals surface area contributed by atoms with E-state index < -0.39 is 6.67 Å². The highest BCUT2D eigenvalue weighted by Crippen LogP contribution is 2.59. The molecule has 0 radical (unpaired) electrons. The van der Waals surface area contributed by atoms with E-state index in [0.717, 1.165) is 68.3 Å². The molecule has 0 unspecified atom stereocenters. The van der Waals surface area contributed by atoms with Gasteiger partial charge in [0.15, 0.2) is 0 Å². The second-order valence-corrected chi connectivity index (χ2v) is 13.2. The maximum Gasteiger partial charge on any atom is 0.255 e. The molecular formula is C36H46FN3O3. The van der Waals surface area contributed by atoms with E-state index in [0.29, 0.717) is 25.4 Å². The summed E-state index contributed by atoms with van der Waals surface area (Å²) in [5, 5.41) is 3.04. The Morgan fingerprint density at radius 1 is 0.814 bits per heavy atom. The minimum absolute atomic E-state index is 0.0937. The summed E-state index contributed by atoms with van der Waals surface area (Å²) in [4.78, 5) is 17.8. The van der Waals surface area contributed by atoms with E-state index in [1.165, 1.54) is 44.1 Å². The second-order valence-electron chi connectivity index (χ2n) is 13.2. The van der Waals surface area contributed by atoms with Gasteiger partial charge in [-0.3, -0.25) is 14.6 Å². The Morgan fingerprint density at radius 3 is 2.05 bits per heavy atom. The van der Waals surface area contributed by atoms with Crippen LogP contribution in [0, 0.1) is 35.0 Å². The van der Waals surface area contributed by atoms with Crippen LogP contribution in [0.2, 0.25) is 0 Å². The van der Waals surface area contributed by atoms with Crippen molar-refractivity contribution >= 4 is 11.6 Å². The molecule has 1 amide bonds. The normalized spacial score (nSPS) is 26.7. The van der Waals surface area contributed by atoms with E-state index in [-0.39, 0.29) is 17.9 Å². The van der Waals surface area contributed by atoms with Crippen LogP contribution in [0.1, 0.15) is 60.0 Å². The Hall–Kier alpha value is -2.76. The van der Waals surface area contributed by atoms with E-state index in [2.05, 4.69) is 39.1 Å². The maximum absolute atomic E-state index is 12.9. The lowest BCUT2D eigenvalue weighted by molar-refractivity contribution is -0.0181. The van der Waals surface area contributed by atoms with Gasteiger partial charge in [-0.2, -0.15) is 0 Å². The van der Waals surface area contributed by atoms with E-state index in [4.69, 9.17) is 9.47 Å². The first-order valence-corrected chi connectivity index (χ1v) is 16.3. The van der Waals surface area contributed by atoms with Crippen molar-refractivity contribution in [2.75, 3.05) is 71.1 Å². The average Bonchev–Trinajstić information content (AvgIpc) is 3.01. The van der Waals surface area contributed by atoms with Crippen molar-refractivity contribution < 1.29 is 18.7 Å². The third-order valence-corrected chi connectivity index (χ3v) is 9.89. The molecule has 2 aromatic carbocycles. The number of piperazine rings is 1. The fourth-order valence-electron chi connectivity index (χ4n) is 8.07. The molecule has 4 bridgehead atoms. The van der Waals surface area contributed by atoms with Gasteiger partial charge < -0.3 is 14.8 Å². The smallest absolute Gasteiger partial charge is 0.255 e. The second kappa shape index (κ2) is 14.3. The Morgan fingerprint density at radius 2 is 1.42 bits per heavy atom. The highest BCUT2D eigenvalue weighted by atomic mass is 19.1. The van der Waals surface area contributed by atoms with Crippen LogP contribution in [0.3, 0.4) is 0 Å². The predicted molar refractivity (Wildman–Crippen MR) is 168 cm³/mol. The Labute approximate surface area is 256 Å². The van der Waals surface area contributed by atoms with Gasteiger partial charge in [0.1, 0.15) is 6.67 Å². The van der Waals surface area contributed by atoms with Gasteiger partial charge in [0.25, 0.3) is 5.91 Å². The molecular weight excluding hydrogens is 541 g/mol. The number of carbonyl (C=O) groups is 1. The summed E-state index contributed by atoms with van der Waals surface area (Å²) >= 11 is 0. The number of hydrogen-bond acceptors (Lipinski definition) is 5. The van der Waals surface area contributed by atoms with Crippen LogP contribution in [-0.2, 0) is 16.0 Å². The Kier molecular flexibility index (Phi) is 10.1. The lowest BCUT2D eigenvalue weighted by Crippen LogP contribution is -2.46. The monoisotopic (exact) mass is 587 g/mol. The molecule has 4 aliphatic carbocycles. The van der Waals surface area contributed by atoms with E-state index >= 15 is 0 Å². The lowest BCUT2D eigenvalue weighted by atomic mass is 9.50. The van der Waals surface area contributed by atoms with Gasteiger partial charge in [0.2, 0.25) is 0 Å².